The van der Waals surface area contributed by atoms with E-state index >= 15 is 0 Å². The van der Waals surface area contributed by atoms with Crippen molar-refractivity contribution in [1.29, 1.82) is 0 Å². The average molecular weight is 277 g/mol. The lowest BCUT2D eigenvalue weighted by molar-refractivity contribution is -0.117. The van der Waals surface area contributed by atoms with Crippen LogP contribution in [0.25, 0.3) is 0 Å². The van der Waals surface area contributed by atoms with E-state index in [1.807, 2.05) is 23.9 Å². The van der Waals surface area contributed by atoms with Gasteiger partial charge in [0.25, 0.3) is 0 Å². The summed E-state index contributed by atoms with van der Waals surface area (Å²) in [6.45, 7) is 4.35. The Morgan fingerprint density at radius 1 is 1.26 bits per heavy atom. The molecule has 0 bridgehead atoms. The Balaban J connectivity index is 1.84. The molecule has 19 heavy (non-hydrogen) atoms. The second-order valence-corrected chi connectivity index (χ2v) is 6.81. The van der Waals surface area contributed by atoms with Crippen molar-refractivity contribution < 1.29 is 4.79 Å². The molecule has 1 aliphatic heterocycles. The molecule has 0 unspecified atom stereocenters. The summed E-state index contributed by atoms with van der Waals surface area (Å²) >= 11 is 2.00. The van der Waals surface area contributed by atoms with Crippen LogP contribution in [0.2, 0.25) is 0 Å². The predicted octanol–water partition coefficient (Wildman–Crippen LogP) is 4.28. The summed E-state index contributed by atoms with van der Waals surface area (Å²) < 4.78 is 0. The third-order valence-electron chi connectivity index (χ3n) is 3.68. The molecule has 1 aromatic carbocycles. The van der Waals surface area contributed by atoms with E-state index in [-0.39, 0.29) is 5.91 Å². The Kier molecular flexibility index (Phi) is 5.32. The molecule has 2 nitrogen and oxygen atoms in total. The van der Waals surface area contributed by atoms with Gasteiger partial charge in [0.2, 0.25) is 5.91 Å². The van der Waals surface area contributed by atoms with Gasteiger partial charge in [-0.2, -0.15) is 11.8 Å². The molecular weight excluding hydrogens is 254 g/mol. The molecule has 0 spiro atoms. The summed E-state index contributed by atoms with van der Waals surface area (Å²) in [5, 5.41) is 3.01. The van der Waals surface area contributed by atoms with Crippen LogP contribution in [0.4, 0.5) is 5.69 Å². The van der Waals surface area contributed by atoms with E-state index in [0.29, 0.717) is 18.3 Å². The Bertz CT molecular complexity index is 407. The number of benzene rings is 1. The van der Waals surface area contributed by atoms with Gasteiger partial charge in [-0.3, -0.25) is 4.79 Å². The second kappa shape index (κ2) is 6.99. The second-order valence-electron chi connectivity index (χ2n) is 5.58. The molecule has 0 radical (unpaired) electrons. The van der Waals surface area contributed by atoms with Crippen molar-refractivity contribution in [2.45, 2.75) is 39.0 Å². The average Bonchev–Trinajstić information content (AvgIpc) is 2.40. The fraction of sp³-hybridized carbons (Fsp3) is 0.562. The third kappa shape index (κ3) is 4.57. The van der Waals surface area contributed by atoms with Crippen molar-refractivity contribution in [3.8, 4) is 0 Å². The highest BCUT2D eigenvalue weighted by Crippen LogP contribution is 2.25. The minimum absolute atomic E-state index is 0.161. The molecule has 1 fully saturated rings. The molecule has 0 aromatic heterocycles. The molecule has 0 atom stereocenters. The van der Waals surface area contributed by atoms with E-state index < -0.39 is 0 Å². The van der Waals surface area contributed by atoms with Gasteiger partial charge >= 0.3 is 0 Å². The summed E-state index contributed by atoms with van der Waals surface area (Å²) in [4.78, 5) is 12.0. The molecular formula is C16H23NOS. The van der Waals surface area contributed by atoms with Crippen molar-refractivity contribution >= 4 is 23.4 Å². The van der Waals surface area contributed by atoms with Crippen molar-refractivity contribution in [3.63, 3.8) is 0 Å². The molecule has 104 valence electrons. The van der Waals surface area contributed by atoms with Crippen LogP contribution in [0, 0.1) is 5.92 Å². The van der Waals surface area contributed by atoms with Crippen LogP contribution in [0.3, 0.4) is 0 Å². The van der Waals surface area contributed by atoms with Gasteiger partial charge in [-0.25, -0.2) is 0 Å². The van der Waals surface area contributed by atoms with E-state index in [0.717, 1.165) is 5.69 Å². The van der Waals surface area contributed by atoms with E-state index in [1.54, 1.807) is 0 Å². The lowest BCUT2D eigenvalue weighted by atomic mass is 9.98. The van der Waals surface area contributed by atoms with Crippen LogP contribution >= 0.6 is 11.8 Å². The zero-order valence-electron chi connectivity index (χ0n) is 11.8. The maximum Gasteiger partial charge on any atom is 0.224 e. The fourth-order valence-electron chi connectivity index (χ4n) is 2.38. The minimum atomic E-state index is 0.161. The minimum Gasteiger partial charge on any atom is -0.326 e. The Hall–Kier alpha value is -0.960. The van der Waals surface area contributed by atoms with Crippen LogP contribution in [-0.4, -0.2) is 17.4 Å². The van der Waals surface area contributed by atoms with Gasteiger partial charge in [0, 0.05) is 12.1 Å². The van der Waals surface area contributed by atoms with Crippen molar-refractivity contribution in [2.75, 3.05) is 16.8 Å². The first-order valence-electron chi connectivity index (χ1n) is 7.12. The predicted molar refractivity (Wildman–Crippen MR) is 83.8 cm³/mol. The number of hydrogen-bond acceptors (Lipinski definition) is 2. The largest absolute Gasteiger partial charge is 0.326 e. The lowest BCUT2D eigenvalue weighted by Crippen LogP contribution is -2.19. The Morgan fingerprint density at radius 2 is 1.89 bits per heavy atom. The summed E-state index contributed by atoms with van der Waals surface area (Å²) in [5.74, 6) is 3.69. The molecule has 1 amide bonds. The normalized spacial score (nSPS) is 16.6. The van der Waals surface area contributed by atoms with E-state index in [2.05, 4.69) is 31.3 Å². The standard InChI is InChI=1S/C16H23NOS/c1-12(2)14-3-5-15(6-4-14)17-16(18)11-13-7-9-19-10-8-13/h3-6,12-13H,7-11H2,1-2H3,(H,17,18). The fourth-order valence-corrected chi connectivity index (χ4v) is 3.58. The van der Waals surface area contributed by atoms with Crippen molar-refractivity contribution in [1.82, 2.24) is 0 Å². The van der Waals surface area contributed by atoms with Gasteiger partial charge in [0.15, 0.2) is 0 Å². The zero-order valence-corrected chi connectivity index (χ0v) is 12.6. The molecule has 0 saturated carbocycles. The van der Waals surface area contributed by atoms with E-state index in [4.69, 9.17) is 0 Å². The summed E-state index contributed by atoms with van der Waals surface area (Å²) in [7, 11) is 0. The molecule has 1 saturated heterocycles. The van der Waals surface area contributed by atoms with Gasteiger partial charge in [-0.1, -0.05) is 26.0 Å². The zero-order chi connectivity index (χ0) is 13.7. The van der Waals surface area contributed by atoms with Crippen LogP contribution in [0.5, 0.6) is 0 Å². The highest BCUT2D eigenvalue weighted by Gasteiger charge is 2.17. The van der Waals surface area contributed by atoms with E-state index in [1.165, 1.54) is 29.9 Å². The topological polar surface area (TPSA) is 29.1 Å². The third-order valence-corrected chi connectivity index (χ3v) is 4.72. The van der Waals surface area contributed by atoms with Crippen LogP contribution in [0.15, 0.2) is 24.3 Å². The van der Waals surface area contributed by atoms with Gasteiger partial charge in [-0.05, 0) is 53.9 Å². The molecule has 1 N–H and O–H groups in total. The number of amides is 1. The summed E-state index contributed by atoms with van der Waals surface area (Å²) in [6, 6.07) is 8.20. The maximum absolute atomic E-state index is 12.0. The molecule has 1 aromatic rings. The highest BCUT2D eigenvalue weighted by atomic mass is 32.2. The van der Waals surface area contributed by atoms with Gasteiger partial charge in [0.1, 0.15) is 0 Å². The first-order valence-corrected chi connectivity index (χ1v) is 8.28. The number of anilines is 1. The quantitative estimate of drug-likeness (QED) is 0.890. The Morgan fingerprint density at radius 3 is 2.47 bits per heavy atom. The molecule has 2 rings (SSSR count). The number of rotatable bonds is 4. The van der Waals surface area contributed by atoms with Crippen LogP contribution in [-0.2, 0) is 4.79 Å². The number of carbonyl (C=O) groups excluding carboxylic acids is 1. The SMILES string of the molecule is CC(C)c1ccc(NC(=O)CC2CCSCC2)cc1. The number of carbonyl (C=O) groups is 1. The summed E-state index contributed by atoms with van der Waals surface area (Å²) in [5.41, 5.74) is 2.22. The molecule has 1 aliphatic rings. The smallest absolute Gasteiger partial charge is 0.224 e. The number of nitrogens with one attached hydrogen (secondary N) is 1. The molecule has 0 aliphatic carbocycles. The van der Waals surface area contributed by atoms with Gasteiger partial charge in [0.05, 0.1) is 0 Å². The van der Waals surface area contributed by atoms with Crippen LogP contribution in [0.1, 0.15) is 44.6 Å². The Labute approximate surface area is 120 Å². The van der Waals surface area contributed by atoms with Gasteiger partial charge < -0.3 is 5.32 Å². The molecule has 1 heterocycles. The monoisotopic (exact) mass is 277 g/mol. The first-order chi connectivity index (χ1) is 9.15. The van der Waals surface area contributed by atoms with Crippen molar-refractivity contribution in [2.24, 2.45) is 5.92 Å². The highest BCUT2D eigenvalue weighted by molar-refractivity contribution is 7.99. The molecule has 3 heteroatoms. The van der Waals surface area contributed by atoms with Gasteiger partial charge in [-0.15, -0.1) is 0 Å². The number of hydrogen-bond donors (Lipinski definition) is 1. The van der Waals surface area contributed by atoms with Crippen molar-refractivity contribution in [3.05, 3.63) is 29.8 Å². The maximum atomic E-state index is 12.0. The first kappa shape index (κ1) is 14.4. The van der Waals surface area contributed by atoms with Crippen LogP contribution < -0.4 is 5.32 Å². The lowest BCUT2D eigenvalue weighted by Gasteiger charge is -2.20. The number of thioether (sulfide) groups is 1. The summed E-state index contributed by atoms with van der Waals surface area (Å²) in [6.07, 6.45) is 3.04. The van der Waals surface area contributed by atoms with E-state index in [9.17, 15) is 4.79 Å².